The minimum Gasteiger partial charge on any atom is -0.506 e. The minimum atomic E-state index is -0.271. The molecule has 0 aliphatic carbocycles. The van der Waals surface area contributed by atoms with Crippen molar-refractivity contribution in [3.8, 4) is 5.75 Å². The molecular weight excluding hydrogens is 219 g/mol. The molecule has 1 aromatic heterocycles. The number of pyridine rings is 1. The van der Waals surface area contributed by atoms with Crippen LogP contribution < -0.4 is 5.32 Å². The zero-order valence-electron chi connectivity index (χ0n) is 9.44. The van der Waals surface area contributed by atoms with E-state index in [1.54, 1.807) is 24.3 Å². The summed E-state index contributed by atoms with van der Waals surface area (Å²) < 4.78 is 12.7. The van der Waals surface area contributed by atoms with Crippen LogP contribution in [0.4, 0.5) is 10.1 Å². The summed E-state index contributed by atoms with van der Waals surface area (Å²) in [6.45, 7) is 2.26. The van der Waals surface area contributed by atoms with E-state index in [0.29, 0.717) is 12.2 Å². The summed E-state index contributed by atoms with van der Waals surface area (Å²) in [6.07, 6.45) is 0. The second-order valence-electron chi connectivity index (χ2n) is 3.78. The number of nitrogens with one attached hydrogen (secondary N) is 1. The van der Waals surface area contributed by atoms with Crippen LogP contribution in [-0.2, 0) is 6.54 Å². The first kappa shape index (κ1) is 11.4. The number of nitrogens with zero attached hydrogens (tertiary/aromatic N) is 1. The maximum atomic E-state index is 12.7. The van der Waals surface area contributed by atoms with Gasteiger partial charge < -0.3 is 10.4 Å². The van der Waals surface area contributed by atoms with Crippen LogP contribution in [0.1, 0.15) is 11.4 Å². The molecule has 17 heavy (non-hydrogen) atoms. The van der Waals surface area contributed by atoms with Gasteiger partial charge in [-0.05, 0) is 43.3 Å². The molecule has 0 aliphatic heterocycles. The SMILES string of the molecule is Cc1ccc(O)c(CNc2ccc(F)cc2)n1. The maximum Gasteiger partial charge on any atom is 0.138 e. The third-order valence-electron chi connectivity index (χ3n) is 2.39. The van der Waals surface area contributed by atoms with Crippen molar-refractivity contribution in [2.75, 3.05) is 5.32 Å². The van der Waals surface area contributed by atoms with E-state index in [9.17, 15) is 9.50 Å². The normalized spacial score (nSPS) is 10.2. The van der Waals surface area contributed by atoms with Gasteiger partial charge in [0.15, 0.2) is 0 Å². The Morgan fingerprint density at radius 3 is 2.59 bits per heavy atom. The molecule has 1 heterocycles. The molecule has 0 fully saturated rings. The number of halogens is 1. The lowest BCUT2D eigenvalue weighted by Crippen LogP contribution is -2.02. The lowest BCUT2D eigenvalue weighted by molar-refractivity contribution is 0.464. The number of benzene rings is 1. The molecule has 0 saturated carbocycles. The van der Waals surface area contributed by atoms with Gasteiger partial charge in [-0.25, -0.2) is 4.39 Å². The molecule has 1 aromatic carbocycles. The molecule has 2 N–H and O–H groups in total. The van der Waals surface area contributed by atoms with E-state index < -0.39 is 0 Å². The fourth-order valence-electron chi connectivity index (χ4n) is 1.49. The molecule has 0 radical (unpaired) electrons. The molecule has 0 unspecified atom stereocenters. The van der Waals surface area contributed by atoms with Crippen LogP contribution in [0.15, 0.2) is 36.4 Å². The largest absolute Gasteiger partial charge is 0.506 e. The third-order valence-corrected chi connectivity index (χ3v) is 2.39. The predicted molar refractivity (Wildman–Crippen MR) is 64.4 cm³/mol. The molecule has 0 saturated heterocycles. The van der Waals surface area contributed by atoms with Gasteiger partial charge in [0.25, 0.3) is 0 Å². The molecule has 0 aliphatic rings. The lowest BCUT2D eigenvalue weighted by atomic mass is 10.2. The number of aryl methyl sites for hydroxylation is 1. The van der Waals surface area contributed by atoms with Gasteiger partial charge in [0, 0.05) is 11.4 Å². The van der Waals surface area contributed by atoms with Gasteiger partial charge in [-0.3, -0.25) is 4.98 Å². The summed E-state index contributed by atoms with van der Waals surface area (Å²) in [6, 6.07) is 9.41. The van der Waals surface area contributed by atoms with Gasteiger partial charge in [0.05, 0.1) is 6.54 Å². The van der Waals surface area contributed by atoms with Gasteiger partial charge in [-0.15, -0.1) is 0 Å². The Hall–Kier alpha value is -2.10. The molecule has 3 nitrogen and oxygen atoms in total. The number of hydrogen-bond donors (Lipinski definition) is 2. The monoisotopic (exact) mass is 232 g/mol. The second-order valence-corrected chi connectivity index (χ2v) is 3.78. The van der Waals surface area contributed by atoms with Crippen LogP contribution in [0.2, 0.25) is 0 Å². The van der Waals surface area contributed by atoms with Gasteiger partial charge in [0.2, 0.25) is 0 Å². The van der Waals surface area contributed by atoms with Crippen LogP contribution >= 0.6 is 0 Å². The van der Waals surface area contributed by atoms with E-state index in [2.05, 4.69) is 10.3 Å². The van der Waals surface area contributed by atoms with Crippen molar-refractivity contribution in [3.05, 3.63) is 53.6 Å². The van der Waals surface area contributed by atoms with Crippen LogP contribution in [-0.4, -0.2) is 10.1 Å². The van der Waals surface area contributed by atoms with Crippen molar-refractivity contribution >= 4 is 5.69 Å². The number of hydrogen-bond acceptors (Lipinski definition) is 3. The number of aromatic hydroxyl groups is 1. The van der Waals surface area contributed by atoms with Crippen LogP contribution in [0, 0.1) is 12.7 Å². The first-order valence-corrected chi connectivity index (χ1v) is 5.30. The van der Waals surface area contributed by atoms with Crippen molar-refractivity contribution in [2.24, 2.45) is 0 Å². The molecule has 0 spiro atoms. The highest BCUT2D eigenvalue weighted by molar-refractivity contribution is 5.44. The fraction of sp³-hybridized carbons (Fsp3) is 0.154. The van der Waals surface area contributed by atoms with Crippen molar-refractivity contribution in [1.82, 2.24) is 4.98 Å². The van der Waals surface area contributed by atoms with E-state index in [-0.39, 0.29) is 11.6 Å². The highest BCUT2D eigenvalue weighted by Gasteiger charge is 2.02. The summed E-state index contributed by atoms with van der Waals surface area (Å²) >= 11 is 0. The topological polar surface area (TPSA) is 45.1 Å². The van der Waals surface area contributed by atoms with E-state index in [4.69, 9.17) is 0 Å². The van der Waals surface area contributed by atoms with Crippen LogP contribution in [0.3, 0.4) is 0 Å². The summed E-state index contributed by atoms with van der Waals surface area (Å²) in [5.74, 6) is -0.114. The minimum absolute atomic E-state index is 0.158. The fourth-order valence-corrected chi connectivity index (χ4v) is 1.49. The van der Waals surface area contributed by atoms with Gasteiger partial charge in [0.1, 0.15) is 17.3 Å². The third kappa shape index (κ3) is 2.93. The van der Waals surface area contributed by atoms with Crippen molar-refractivity contribution < 1.29 is 9.50 Å². The van der Waals surface area contributed by atoms with Crippen molar-refractivity contribution in [2.45, 2.75) is 13.5 Å². The molecule has 2 rings (SSSR count). The molecule has 4 heteroatoms. The molecule has 2 aromatic rings. The van der Waals surface area contributed by atoms with Gasteiger partial charge >= 0.3 is 0 Å². The number of anilines is 1. The van der Waals surface area contributed by atoms with Crippen molar-refractivity contribution in [3.63, 3.8) is 0 Å². The van der Waals surface area contributed by atoms with E-state index in [1.807, 2.05) is 6.92 Å². The summed E-state index contributed by atoms with van der Waals surface area (Å²) in [5, 5.41) is 12.7. The average Bonchev–Trinajstić information content (AvgIpc) is 2.32. The average molecular weight is 232 g/mol. The van der Waals surface area contributed by atoms with Gasteiger partial charge in [-0.1, -0.05) is 0 Å². The Kier molecular flexibility index (Phi) is 3.23. The molecule has 88 valence electrons. The zero-order valence-corrected chi connectivity index (χ0v) is 9.44. The quantitative estimate of drug-likeness (QED) is 0.855. The first-order valence-electron chi connectivity index (χ1n) is 5.30. The predicted octanol–water partition coefficient (Wildman–Crippen LogP) is 2.85. The molecule has 0 amide bonds. The summed E-state index contributed by atoms with van der Waals surface area (Å²) in [5.41, 5.74) is 2.21. The highest BCUT2D eigenvalue weighted by Crippen LogP contribution is 2.16. The van der Waals surface area contributed by atoms with E-state index in [1.165, 1.54) is 12.1 Å². The Labute approximate surface area is 98.9 Å². The second kappa shape index (κ2) is 4.82. The zero-order chi connectivity index (χ0) is 12.3. The summed E-state index contributed by atoms with van der Waals surface area (Å²) in [4.78, 5) is 4.22. The molecule has 0 bridgehead atoms. The van der Waals surface area contributed by atoms with E-state index >= 15 is 0 Å². The smallest absolute Gasteiger partial charge is 0.138 e. The van der Waals surface area contributed by atoms with E-state index in [0.717, 1.165) is 11.4 Å². The van der Waals surface area contributed by atoms with Crippen molar-refractivity contribution in [1.29, 1.82) is 0 Å². The Morgan fingerprint density at radius 1 is 1.18 bits per heavy atom. The van der Waals surface area contributed by atoms with Gasteiger partial charge in [-0.2, -0.15) is 0 Å². The first-order chi connectivity index (χ1) is 8.15. The van der Waals surface area contributed by atoms with Crippen LogP contribution in [0.25, 0.3) is 0 Å². The highest BCUT2D eigenvalue weighted by atomic mass is 19.1. The molecule has 0 atom stereocenters. The van der Waals surface area contributed by atoms with Crippen LogP contribution in [0.5, 0.6) is 5.75 Å². The Balaban J connectivity index is 2.07. The Morgan fingerprint density at radius 2 is 1.88 bits per heavy atom. The number of aromatic nitrogens is 1. The summed E-state index contributed by atoms with van der Waals surface area (Å²) in [7, 11) is 0. The standard InChI is InChI=1S/C13H13FN2O/c1-9-2-7-13(17)12(16-9)8-15-11-5-3-10(14)4-6-11/h2-7,15,17H,8H2,1H3. The number of rotatable bonds is 3. The Bertz CT molecular complexity index is 511. The lowest BCUT2D eigenvalue weighted by Gasteiger charge is -2.08. The molecular formula is C13H13FN2O. The maximum absolute atomic E-state index is 12.7.